The number of carbonyl (C=O) groups excluding carboxylic acids is 1. The molecular formula is C13H9F5N4O. The van der Waals surface area contributed by atoms with Gasteiger partial charge in [-0.05, 0) is 12.1 Å². The second kappa shape index (κ2) is 5.28. The van der Waals surface area contributed by atoms with Crippen LogP contribution in [0.5, 0.6) is 0 Å². The Morgan fingerprint density at radius 3 is 2.57 bits per heavy atom. The molecule has 23 heavy (non-hydrogen) atoms. The maximum atomic E-state index is 13.7. The Hall–Kier alpha value is -2.52. The molecule has 0 fully saturated rings. The maximum absolute atomic E-state index is 13.7. The van der Waals surface area contributed by atoms with Crippen molar-refractivity contribution < 1.29 is 26.7 Å². The lowest BCUT2D eigenvalue weighted by Crippen LogP contribution is -2.39. The summed E-state index contributed by atoms with van der Waals surface area (Å²) in [5.41, 5.74) is -0.478. The van der Waals surface area contributed by atoms with Crippen LogP contribution in [0.4, 0.5) is 22.0 Å². The third-order valence-electron chi connectivity index (χ3n) is 3.48. The summed E-state index contributed by atoms with van der Waals surface area (Å²) in [6.07, 6.45) is -4.65. The van der Waals surface area contributed by atoms with E-state index in [1.165, 1.54) is 6.07 Å². The molecule has 0 spiro atoms. The quantitative estimate of drug-likeness (QED) is 0.753. The van der Waals surface area contributed by atoms with Crippen molar-refractivity contribution in [1.82, 2.24) is 19.7 Å². The molecule has 1 aliphatic rings. The predicted molar refractivity (Wildman–Crippen MR) is 66.1 cm³/mol. The maximum Gasteiger partial charge on any atom is 0.451 e. The summed E-state index contributed by atoms with van der Waals surface area (Å²) in [7, 11) is 0. The van der Waals surface area contributed by atoms with Crippen molar-refractivity contribution in [3.63, 3.8) is 0 Å². The fourth-order valence-corrected chi connectivity index (χ4v) is 2.38. The lowest BCUT2D eigenvalue weighted by Gasteiger charge is -2.28. The number of benzene rings is 1. The van der Waals surface area contributed by atoms with Crippen LogP contribution in [-0.2, 0) is 19.3 Å². The largest absolute Gasteiger partial charge is 0.451 e. The van der Waals surface area contributed by atoms with E-state index in [2.05, 4.69) is 10.2 Å². The van der Waals surface area contributed by atoms with Gasteiger partial charge < -0.3 is 9.47 Å². The molecule has 1 aliphatic heterocycles. The average Bonchev–Trinajstić information content (AvgIpc) is 2.92. The van der Waals surface area contributed by atoms with Crippen LogP contribution >= 0.6 is 0 Å². The van der Waals surface area contributed by atoms with Crippen molar-refractivity contribution in [2.24, 2.45) is 0 Å². The summed E-state index contributed by atoms with van der Waals surface area (Å²) in [6.45, 7) is -0.541. The van der Waals surface area contributed by atoms with Crippen molar-refractivity contribution in [2.75, 3.05) is 6.54 Å². The number of amides is 1. The number of halogens is 5. The van der Waals surface area contributed by atoms with Gasteiger partial charge in [0.05, 0.1) is 12.1 Å². The molecule has 0 N–H and O–H groups in total. The molecule has 1 amide bonds. The van der Waals surface area contributed by atoms with Gasteiger partial charge >= 0.3 is 6.18 Å². The summed E-state index contributed by atoms with van der Waals surface area (Å²) >= 11 is 0. The molecular weight excluding hydrogens is 323 g/mol. The first-order valence-electron chi connectivity index (χ1n) is 6.51. The smallest absolute Gasteiger partial charge is 0.329 e. The van der Waals surface area contributed by atoms with Crippen LogP contribution in [0.25, 0.3) is 0 Å². The molecule has 0 unspecified atom stereocenters. The average molecular weight is 332 g/mol. The van der Waals surface area contributed by atoms with Crippen LogP contribution < -0.4 is 0 Å². The van der Waals surface area contributed by atoms with Crippen LogP contribution in [-0.4, -0.2) is 32.1 Å². The SMILES string of the molecule is O=C(c1cccc(F)c1F)N1CCn2c(nnc2C(F)(F)F)C1. The number of hydrogen-bond acceptors (Lipinski definition) is 3. The number of hydrogen-bond donors (Lipinski definition) is 0. The molecule has 122 valence electrons. The lowest BCUT2D eigenvalue weighted by atomic mass is 10.1. The zero-order valence-corrected chi connectivity index (χ0v) is 11.4. The van der Waals surface area contributed by atoms with E-state index < -0.39 is 35.1 Å². The molecule has 2 heterocycles. The lowest BCUT2D eigenvalue weighted by molar-refractivity contribution is -0.147. The molecule has 1 aromatic carbocycles. The van der Waals surface area contributed by atoms with Crippen LogP contribution in [0.1, 0.15) is 22.0 Å². The topological polar surface area (TPSA) is 51.0 Å². The first kappa shape index (κ1) is 15.4. The summed E-state index contributed by atoms with van der Waals surface area (Å²) in [4.78, 5) is 13.3. The number of aromatic nitrogens is 3. The zero-order chi connectivity index (χ0) is 16.8. The molecule has 0 radical (unpaired) electrons. The molecule has 0 atom stereocenters. The van der Waals surface area contributed by atoms with Crippen molar-refractivity contribution in [2.45, 2.75) is 19.3 Å². The Morgan fingerprint density at radius 1 is 1.13 bits per heavy atom. The van der Waals surface area contributed by atoms with Gasteiger partial charge in [-0.15, -0.1) is 10.2 Å². The van der Waals surface area contributed by atoms with Gasteiger partial charge in [0.2, 0.25) is 5.82 Å². The summed E-state index contributed by atoms with van der Waals surface area (Å²) in [5.74, 6) is -4.48. The van der Waals surface area contributed by atoms with Crippen LogP contribution in [0.3, 0.4) is 0 Å². The Kier molecular flexibility index (Phi) is 3.53. The first-order valence-corrected chi connectivity index (χ1v) is 6.51. The highest BCUT2D eigenvalue weighted by molar-refractivity contribution is 5.94. The second-order valence-corrected chi connectivity index (χ2v) is 4.92. The van der Waals surface area contributed by atoms with E-state index >= 15 is 0 Å². The molecule has 0 aliphatic carbocycles. The van der Waals surface area contributed by atoms with E-state index in [-0.39, 0.29) is 25.5 Å². The van der Waals surface area contributed by atoms with Crippen LogP contribution in [0, 0.1) is 11.6 Å². The Morgan fingerprint density at radius 2 is 1.87 bits per heavy atom. The normalized spacial score (nSPS) is 14.7. The van der Waals surface area contributed by atoms with Gasteiger partial charge in [0.15, 0.2) is 17.5 Å². The number of nitrogens with zero attached hydrogens (tertiary/aromatic N) is 4. The molecule has 1 aromatic heterocycles. The van der Waals surface area contributed by atoms with Gasteiger partial charge in [-0.25, -0.2) is 8.78 Å². The van der Waals surface area contributed by atoms with Crippen LogP contribution in [0.2, 0.25) is 0 Å². The molecule has 5 nitrogen and oxygen atoms in total. The zero-order valence-electron chi connectivity index (χ0n) is 11.4. The summed E-state index contributed by atoms with van der Waals surface area (Å²) in [6, 6.07) is 3.16. The van der Waals surface area contributed by atoms with Crippen molar-refractivity contribution >= 4 is 5.91 Å². The predicted octanol–water partition coefficient (Wildman–Crippen LogP) is 2.23. The molecule has 2 aromatic rings. The Labute approximate surface area is 126 Å². The summed E-state index contributed by atoms with van der Waals surface area (Å²) < 4.78 is 65.9. The standard InChI is InChI=1S/C13H9F5N4O/c14-8-3-1-2-7(10(8)15)11(23)21-4-5-22-9(6-21)19-20-12(22)13(16,17)18/h1-3H,4-6H2. The number of carbonyl (C=O) groups is 1. The van der Waals surface area contributed by atoms with Gasteiger partial charge in [0.1, 0.15) is 0 Å². The van der Waals surface area contributed by atoms with Crippen LogP contribution in [0.15, 0.2) is 18.2 Å². The van der Waals surface area contributed by atoms with Gasteiger partial charge in [-0.3, -0.25) is 4.79 Å². The van der Waals surface area contributed by atoms with Gasteiger partial charge in [-0.2, -0.15) is 13.2 Å². The molecule has 0 bridgehead atoms. The minimum absolute atomic E-state index is 0.0614. The monoisotopic (exact) mass is 332 g/mol. The van der Waals surface area contributed by atoms with Gasteiger partial charge in [0.25, 0.3) is 5.91 Å². The van der Waals surface area contributed by atoms with Crippen molar-refractivity contribution in [1.29, 1.82) is 0 Å². The van der Waals surface area contributed by atoms with E-state index in [4.69, 9.17) is 0 Å². The van der Waals surface area contributed by atoms with E-state index in [1.807, 2.05) is 0 Å². The minimum atomic E-state index is -4.65. The third kappa shape index (κ3) is 2.64. The molecule has 3 rings (SSSR count). The molecule has 0 saturated carbocycles. The Bertz CT molecular complexity index is 770. The molecule has 0 saturated heterocycles. The van der Waals surface area contributed by atoms with Crippen molar-refractivity contribution in [3.8, 4) is 0 Å². The third-order valence-corrected chi connectivity index (χ3v) is 3.48. The molecule has 10 heteroatoms. The highest BCUT2D eigenvalue weighted by Gasteiger charge is 2.40. The van der Waals surface area contributed by atoms with Gasteiger partial charge in [0, 0.05) is 13.1 Å². The highest BCUT2D eigenvalue weighted by atomic mass is 19.4. The number of rotatable bonds is 1. The highest BCUT2D eigenvalue weighted by Crippen LogP contribution is 2.29. The Balaban J connectivity index is 1.87. The number of alkyl halides is 3. The van der Waals surface area contributed by atoms with Crippen molar-refractivity contribution in [3.05, 3.63) is 47.0 Å². The second-order valence-electron chi connectivity index (χ2n) is 4.92. The van der Waals surface area contributed by atoms with E-state index in [9.17, 15) is 26.7 Å². The fraction of sp³-hybridized carbons (Fsp3) is 0.308. The fourth-order valence-electron chi connectivity index (χ4n) is 2.38. The van der Waals surface area contributed by atoms with E-state index in [0.29, 0.717) is 0 Å². The first-order chi connectivity index (χ1) is 10.8. The van der Waals surface area contributed by atoms with E-state index in [1.54, 1.807) is 0 Å². The number of fused-ring (bicyclic) bond motifs is 1. The summed E-state index contributed by atoms with van der Waals surface area (Å²) in [5, 5.41) is 6.50. The van der Waals surface area contributed by atoms with E-state index in [0.717, 1.165) is 21.6 Å². The van der Waals surface area contributed by atoms with Gasteiger partial charge in [-0.1, -0.05) is 6.07 Å². The minimum Gasteiger partial charge on any atom is -0.329 e.